The van der Waals surface area contributed by atoms with Gasteiger partial charge in [0.1, 0.15) is 0 Å². The minimum absolute atomic E-state index is 0.901. The van der Waals surface area contributed by atoms with Crippen LogP contribution >= 0.6 is 0 Å². The van der Waals surface area contributed by atoms with Gasteiger partial charge in [-0.1, -0.05) is 80.7 Å². The van der Waals surface area contributed by atoms with Crippen LogP contribution in [0, 0.1) is 11.8 Å². The van der Waals surface area contributed by atoms with Gasteiger partial charge in [-0.3, -0.25) is 0 Å². The number of rotatable bonds is 5. The first-order valence-corrected chi connectivity index (χ1v) is 8.70. The SMILES string of the molecule is C/C=C(C#CCCc1ccccc1)\C=C(\C)C=C(C)CC.CC. The zero-order valence-corrected chi connectivity index (χ0v) is 15.7. The van der Waals surface area contributed by atoms with E-state index in [0.29, 0.717) is 0 Å². The van der Waals surface area contributed by atoms with Gasteiger partial charge in [0.2, 0.25) is 0 Å². The summed E-state index contributed by atoms with van der Waals surface area (Å²) in [5.74, 6) is 6.54. The number of allylic oxidation sites excluding steroid dienone is 6. The zero-order valence-electron chi connectivity index (χ0n) is 15.7. The molecule has 124 valence electrons. The fraction of sp³-hybridized carbons (Fsp3) is 0.391. The first-order valence-electron chi connectivity index (χ1n) is 8.70. The topological polar surface area (TPSA) is 0 Å². The van der Waals surface area contributed by atoms with Gasteiger partial charge in [-0.2, -0.15) is 0 Å². The molecule has 0 aliphatic carbocycles. The Morgan fingerprint density at radius 1 is 1.04 bits per heavy atom. The minimum Gasteiger partial charge on any atom is -0.0976 e. The fourth-order valence-electron chi connectivity index (χ4n) is 1.99. The van der Waals surface area contributed by atoms with E-state index in [9.17, 15) is 0 Å². The maximum Gasteiger partial charge on any atom is 0.0205 e. The average molecular weight is 309 g/mol. The van der Waals surface area contributed by atoms with E-state index in [0.717, 1.165) is 24.8 Å². The summed E-state index contributed by atoms with van der Waals surface area (Å²) in [6.07, 6.45) is 9.48. The molecule has 0 aliphatic rings. The van der Waals surface area contributed by atoms with Crippen LogP contribution in [0.5, 0.6) is 0 Å². The summed E-state index contributed by atoms with van der Waals surface area (Å²) in [7, 11) is 0. The average Bonchev–Trinajstić information content (AvgIpc) is 2.60. The van der Waals surface area contributed by atoms with Crippen molar-refractivity contribution in [1.82, 2.24) is 0 Å². The molecule has 0 heterocycles. The third-order valence-corrected chi connectivity index (χ3v) is 3.34. The highest BCUT2D eigenvalue weighted by atomic mass is 14.0. The zero-order chi connectivity index (χ0) is 17.5. The number of aryl methyl sites for hydroxylation is 1. The summed E-state index contributed by atoms with van der Waals surface area (Å²) in [4.78, 5) is 0. The van der Waals surface area contributed by atoms with Crippen LogP contribution in [0.25, 0.3) is 0 Å². The second-order valence-corrected chi connectivity index (χ2v) is 5.26. The Labute approximate surface area is 144 Å². The molecule has 0 aliphatic heterocycles. The van der Waals surface area contributed by atoms with Gasteiger partial charge in [-0.05, 0) is 50.8 Å². The smallest absolute Gasteiger partial charge is 0.0205 e. The maximum atomic E-state index is 3.27. The van der Waals surface area contributed by atoms with E-state index in [1.54, 1.807) is 0 Å². The Morgan fingerprint density at radius 2 is 1.70 bits per heavy atom. The van der Waals surface area contributed by atoms with Gasteiger partial charge in [0.15, 0.2) is 0 Å². The van der Waals surface area contributed by atoms with E-state index in [-0.39, 0.29) is 0 Å². The van der Waals surface area contributed by atoms with E-state index in [2.05, 4.69) is 75.1 Å². The summed E-state index contributed by atoms with van der Waals surface area (Å²) in [6, 6.07) is 10.5. The Hall–Kier alpha value is -2.00. The Kier molecular flexibility index (Phi) is 12.5. The first-order chi connectivity index (χ1) is 11.2. The highest BCUT2D eigenvalue weighted by Gasteiger charge is 1.91. The summed E-state index contributed by atoms with van der Waals surface area (Å²) >= 11 is 0. The lowest BCUT2D eigenvalue weighted by Gasteiger charge is -1.98. The van der Waals surface area contributed by atoms with Crippen LogP contribution < -0.4 is 0 Å². The minimum atomic E-state index is 0.901. The molecule has 0 nitrogen and oxygen atoms in total. The molecule has 1 aromatic rings. The van der Waals surface area contributed by atoms with Crippen molar-refractivity contribution in [3.63, 3.8) is 0 Å². The standard InChI is InChI=1S/C21H26.C2H6/c1-5-18(3)16-19(4)17-20(6-2)12-10-11-15-21-13-8-7-9-14-21;1-2/h6-9,13-14,16-17H,5,11,15H2,1-4H3;1-2H3/b18-16?,19-17-,20-6-;. The normalized spacial score (nSPS) is 12.0. The van der Waals surface area contributed by atoms with Crippen molar-refractivity contribution < 1.29 is 0 Å². The Bertz CT molecular complexity index is 571. The summed E-state index contributed by atoms with van der Waals surface area (Å²) in [5.41, 5.74) is 5.11. The second-order valence-electron chi connectivity index (χ2n) is 5.26. The monoisotopic (exact) mass is 308 g/mol. The molecule has 0 radical (unpaired) electrons. The van der Waals surface area contributed by atoms with Gasteiger partial charge in [-0.25, -0.2) is 0 Å². The van der Waals surface area contributed by atoms with Gasteiger partial charge < -0.3 is 0 Å². The van der Waals surface area contributed by atoms with Crippen molar-refractivity contribution >= 4 is 0 Å². The molecule has 0 aromatic heterocycles. The molecule has 0 atom stereocenters. The molecular formula is C23H32. The lowest BCUT2D eigenvalue weighted by molar-refractivity contribution is 1.03. The molecule has 0 saturated carbocycles. The van der Waals surface area contributed by atoms with Crippen LogP contribution in [0.2, 0.25) is 0 Å². The van der Waals surface area contributed by atoms with Crippen molar-refractivity contribution in [2.24, 2.45) is 0 Å². The van der Waals surface area contributed by atoms with Crippen LogP contribution in [0.15, 0.2) is 65.3 Å². The van der Waals surface area contributed by atoms with Crippen molar-refractivity contribution in [2.45, 2.75) is 60.8 Å². The second kappa shape index (κ2) is 13.6. The van der Waals surface area contributed by atoms with Crippen LogP contribution in [-0.4, -0.2) is 0 Å². The Morgan fingerprint density at radius 3 is 2.26 bits per heavy atom. The molecule has 0 saturated heterocycles. The van der Waals surface area contributed by atoms with E-state index < -0.39 is 0 Å². The van der Waals surface area contributed by atoms with Crippen LogP contribution in [-0.2, 0) is 6.42 Å². The van der Waals surface area contributed by atoms with E-state index in [1.165, 1.54) is 16.7 Å². The lowest BCUT2D eigenvalue weighted by atomic mass is 10.1. The highest BCUT2D eigenvalue weighted by molar-refractivity contribution is 5.42. The van der Waals surface area contributed by atoms with Gasteiger partial charge in [0.25, 0.3) is 0 Å². The number of hydrogen-bond donors (Lipinski definition) is 0. The molecule has 0 amide bonds. The maximum absolute atomic E-state index is 3.27. The van der Waals surface area contributed by atoms with Crippen LogP contribution in [0.3, 0.4) is 0 Å². The predicted molar refractivity (Wildman–Crippen MR) is 105 cm³/mol. The van der Waals surface area contributed by atoms with Crippen molar-refractivity contribution in [1.29, 1.82) is 0 Å². The van der Waals surface area contributed by atoms with Crippen LogP contribution in [0.4, 0.5) is 0 Å². The molecule has 0 heteroatoms. The molecular weight excluding hydrogens is 276 g/mol. The van der Waals surface area contributed by atoms with Crippen molar-refractivity contribution in [3.05, 3.63) is 70.8 Å². The quantitative estimate of drug-likeness (QED) is 0.410. The third-order valence-electron chi connectivity index (χ3n) is 3.34. The summed E-state index contributed by atoms with van der Waals surface area (Å²) in [5, 5.41) is 0. The molecule has 0 N–H and O–H groups in total. The van der Waals surface area contributed by atoms with E-state index in [4.69, 9.17) is 0 Å². The van der Waals surface area contributed by atoms with Crippen molar-refractivity contribution in [3.8, 4) is 11.8 Å². The van der Waals surface area contributed by atoms with Crippen molar-refractivity contribution in [2.75, 3.05) is 0 Å². The lowest BCUT2D eigenvalue weighted by Crippen LogP contribution is -1.82. The van der Waals surface area contributed by atoms with E-state index >= 15 is 0 Å². The molecule has 0 spiro atoms. The van der Waals surface area contributed by atoms with Gasteiger partial charge >= 0.3 is 0 Å². The van der Waals surface area contributed by atoms with Crippen LogP contribution in [0.1, 0.15) is 59.9 Å². The summed E-state index contributed by atoms with van der Waals surface area (Å²) in [6.45, 7) is 12.5. The highest BCUT2D eigenvalue weighted by Crippen LogP contribution is 2.08. The predicted octanol–water partition coefficient (Wildman–Crippen LogP) is 6.90. The molecule has 0 bridgehead atoms. The van der Waals surface area contributed by atoms with E-state index in [1.807, 2.05) is 26.8 Å². The van der Waals surface area contributed by atoms with Gasteiger partial charge in [0.05, 0.1) is 0 Å². The largest absolute Gasteiger partial charge is 0.0976 e. The van der Waals surface area contributed by atoms with Gasteiger partial charge in [-0.15, -0.1) is 0 Å². The molecule has 1 rings (SSSR count). The number of hydrogen-bond acceptors (Lipinski definition) is 0. The first kappa shape index (κ1) is 21.0. The van der Waals surface area contributed by atoms with Gasteiger partial charge in [0, 0.05) is 12.0 Å². The number of benzene rings is 1. The Balaban J connectivity index is 0.00000232. The summed E-state index contributed by atoms with van der Waals surface area (Å²) < 4.78 is 0. The molecule has 23 heavy (non-hydrogen) atoms. The molecule has 1 aromatic carbocycles. The molecule has 0 unspecified atom stereocenters. The molecule has 0 fully saturated rings. The third kappa shape index (κ3) is 10.4. The fourth-order valence-corrected chi connectivity index (χ4v) is 1.99.